The lowest BCUT2D eigenvalue weighted by molar-refractivity contribution is -0.125. The average molecular weight is 637 g/mol. The summed E-state index contributed by atoms with van der Waals surface area (Å²) >= 11 is 12.3. The number of amides is 3. The van der Waals surface area contributed by atoms with Gasteiger partial charge in [0.2, 0.25) is 5.91 Å². The number of aromatic nitrogens is 4. The second-order valence-corrected chi connectivity index (χ2v) is 12.1. The van der Waals surface area contributed by atoms with Gasteiger partial charge in [-0.1, -0.05) is 34.4 Å². The molecule has 3 aromatic heterocycles. The highest BCUT2D eigenvalue weighted by atomic mass is 35.5. The molecule has 5 heterocycles. The molecule has 0 spiro atoms. The van der Waals surface area contributed by atoms with Gasteiger partial charge in [-0.25, -0.2) is 4.68 Å². The first kappa shape index (κ1) is 29.8. The molecule has 228 valence electrons. The molecule has 0 radical (unpaired) electrons. The molecule has 1 aromatic carbocycles. The molecular weight excluding hydrogens is 605 g/mol. The lowest BCUT2D eigenvalue weighted by Gasteiger charge is -2.38. The second-order valence-electron chi connectivity index (χ2n) is 11.3. The van der Waals surface area contributed by atoms with E-state index in [4.69, 9.17) is 32.8 Å². The van der Waals surface area contributed by atoms with Crippen LogP contribution in [0.3, 0.4) is 0 Å². The first-order valence-corrected chi connectivity index (χ1v) is 15.0. The molecule has 6 rings (SSSR count). The molecule has 3 amide bonds. The fourth-order valence-corrected chi connectivity index (χ4v) is 6.39. The Morgan fingerprint density at radius 1 is 1.14 bits per heavy atom. The van der Waals surface area contributed by atoms with Crippen LogP contribution in [0.25, 0.3) is 11.3 Å². The zero-order valence-electron chi connectivity index (χ0n) is 24.9. The third-order valence-corrected chi connectivity index (χ3v) is 9.31. The van der Waals surface area contributed by atoms with Gasteiger partial charge in [0, 0.05) is 36.8 Å². The molecule has 3 atom stereocenters. The van der Waals surface area contributed by atoms with Crippen molar-refractivity contribution in [1.29, 1.82) is 0 Å². The molecule has 4 aromatic rings. The highest BCUT2D eigenvalue weighted by Gasteiger charge is 2.43. The van der Waals surface area contributed by atoms with Crippen LogP contribution >= 0.6 is 23.2 Å². The number of benzene rings is 1. The largest absolute Gasteiger partial charge is 0.361 e. The van der Waals surface area contributed by atoms with Crippen molar-refractivity contribution in [2.45, 2.75) is 58.8 Å². The van der Waals surface area contributed by atoms with Gasteiger partial charge in [0.25, 0.3) is 11.8 Å². The van der Waals surface area contributed by atoms with E-state index in [1.165, 1.54) is 4.68 Å². The first-order valence-electron chi connectivity index (χ1n) is 14.3. The first-order chi connectivity index (χ1) is 21.0. The Labute approximate surface area is 264 Å². The topological polar surface area (TPSA) is 126 Å². The molecule has 44 heavy (non-hydrogen) atoms. The van der Waals surface area contributed by atoms with Gasteiger partial charge in [-0.3, -0.25) is 19.4 Å². The number of aryl methyl sites for hydroxylation is 2. The van der Waals surface area contributed by atoms with Crippen molar-refractivity contribution < 1.29 is 18.9 Å². The minimum Gasteiger partial charge on any atom is -0.361 e. The normalized spacial score (nSPS) is 18.6. The predicted octanol–water partition coefficient (Wildman–Crippen LogP) is 4.95. The number of fused-ring (bicyclic) bond motifs is 3. The Bertz CT molecular complexity index is 1780. The summed E-state index contributed by atoms with van der Waals surface area (Å²) in [4.78, 5) is 49.0. The minimum atomic E-state index is -0.746. The summed E-state index contributed by atoms with van der Waals surface area (Å²) in [6, 6.07) is 7.21. The van der Waals surface area contributed by atoms with Gasteiger partial charge in [-0.15, -0.1) is 0 Å². The van der Waals surface area contributed by atoms with Crippen molar-refractivity contribution in [3.8, 4) is 11.3 Å². The van der Waals surface area contributed by atoms with Gasteiger partial charge in [0.05, 0.1) is 51.8 Å². The molecule has 0 unspecified atom stereocenters. The van der Waals surface area contributed by atoms with Crippen molar-refractivity contribution in [3.63, 3.8) is 0 Å². The number of halogens is 2. The van der Waals surface area contributed by atoms with Crippen molar-refractivity contribution in [2.24, 2.45) is 0 Å². The molecule has 0 aliphatic carbocycles. The Morgan fingerprint density at radius 3 is 2.55 bits per heavy atom. The molecule has 0 fully saturated rings. The van der Waals surface area contributed by atoms with E-state index in [9.17, 15) is 14.4 Å². The van der Waals surface area contributed by atoms with Crippen LogP contribution in [0.2, 0.25) is 10.0 Å². The quantitative estimate of drug-likeness (QED) is 0.329. The smallest absolute Gasteiger partial charge is 0.273 e. The van der Waals surface area contributed by atoms with Crippen LogP contribution in [0.1, 0.15) is 75.1 Å². The van der Waals surface area contributed by atoms with Crippen molar-refractivity contribution in [2.75, 3.05) is 13.6 Å². The molecule has 2 aliphatic heterocycles. The van der Waals surface area contributed by atoms with Crippen molar-refractivity contribution >= 4 is 40.9 Å². The summed E-state index contributed by atoms with van der Waals surface area (Å²) < 4.78 is 6.83. The number of hydrogen-bond acceptors (Lipinski definition) is 7. The Morgan fingerprint density at radius 2 is 1.91 bits per heavy atom. The van der Waals surface area contributed by atoms with E-state index in [0.717, 1.165) is 22.5 Å². The van der Waals surface area contributed by atoms with Crippen molar-refractivity contribution in [3.05, 3.63) is 86.1 Å². The number of rotatable bonds is 5. The van der Waals surface area contributed by atoms with Crippen LogP contribution in [0.5, 0.6) is 0 Å². The summed E-state index contributed by atoms with van der Waals surface area (Å²) in [6.45, 7) is 7.82. The van der Waals surface area contributed by atoms with Crippen LogP contribution in [0.4, 0.5) is 0 Å². The van der Waals surface area contributed by atoms with Crippen LogP contribution in [0.15, 0.2) is 41.1 Å². The van der Waals surface area contributed by atoms with Gasteiger partial charge in [-0.2, -0.15) is 5.10 Å². The summed E-state index contributed by atoms with van der Waals surface area (Å²) in [7, 11) is 1.56. The molecule has 0 bridgehead atoms. The van der Waals surface area contributed by atoms with Gasteiger partial charge < -0.3 is 19.6 Å². The maximum Gasteiger partial charge on any atom is 0.273 e. The lowest BCUT2D eigenvalue weighted by atomic mass is 9.96. The number of nitrogens with zero attached hydrogens (tertiary/aromatic N) is 6. The molecule has 0 saturated carbocycles. The number of pyridine rings is 1. The maximum atomic E-state index is 14.2. The fourth-order valence-electron chi connectivity index (χ4n) is 6.09. The second kappa shape index (κ2) is 11.4. The van der Waals surface area contributed by atoms with E-state index in [1.807, 2.05) is 39.8 Å². The number of nitrogens with one attached hydrogen (secondary N) is 1. The van der Waals surface area contributed by atoms with Crippen LogP contribution in [0, 0.1) is 13.8 Å². The summed E-state index contributed by atoms with van der Waals surface area (Å²) in [5.41, 5.74) is 5.15. The number of hydrogen-bond donors (Lipinski definition) is 1. The molecule has 0 saturated heterocycles. The van der Waals surface area contributed by atoms with Crippen LogP contribution in [-0.4, -0.2) is 67.1 Å². The third-order valence-electron chi connectivity index (χ3n) is 8.57. The summed E-state index contributed by atoms with van der Waals surface area (Å²) in [6.07, 6.45) is 2.16. The van der Waals surface area contributed by atoms with E-state index < -0.39 is 12.1 Å². The zero-order valence-corrected chi connectivity index (χ0v) is 26.4. The van der Waals surface area contributed by atoms with Crippen molar-refractivity contribution in [1.82, 2.24) is 35.0 Å². The van der Waals surface area contributed by atoms with Gasteiger partial charge in [0.1, 0.15) is 17.5 Å². The molecular formula is C31H31Cl2N7O4. The maximum absolute atomic E-state index is 14.2. The molecule has 13 heteroatoms. The van der Waals surface area contributed by atoms with E-state index >= 15 is 0 Å². The Balaban J connectivity index is 1.34. The van der Waals surface area contributed by atoms with Crippen LogP contribution < -0.4 is 5.32 Å². The molecule has 11 nitrogen and oxygen atoms in total. The standard InChI is InChI=1S/C31H31Cl2N7O4/c1-15-10-25-21(13-38(15)30(42)19-6-8-22(32)23(33)11-19)28-31(43)39(14-26(29(41)34-5)40(28)36-25)17(3)20-7-9-24(35-12-20)27-16(2)37-44-18(27)4/h6-9,11-12,15,17,26H,10,13-14H2,1-5H3,(H,34,41)/t15-,17+,26+/m1/s1. The lowest BCUT2D eigenvalue weighted by Crippen LogP contribution is -2.49. The summed E-state index contributed by atoms with van der Waals surface area (Å²) in [5, 5.41) is 12.1. The number of carbonyl (C=O) groups is 3. The average Bonchev–Trinajstić information content (AvgIpc) is 3.55. The number of likely N-dealkylation sites (N-methyl/N-ethyl adjacent to an activating group) is 1. The predicted molar refractivity (Wildman–Crippen MR) is 163 cm³/mol. The Hall–Kier alpha value is -4.22. The fraction of sp³-hybridized carbons (Fsp3) is 0.355. The highest BCUT2D eigenvalue weighted by Crippen LogP contribution is 2.36. The SMILES string of the molecule is CNC(=O)[C@@H]1CN([C@@H](C)c2ccc(-c3c(C)noc3C)nc2)C(=O)c2c3c(nn21)C[C@@H](C)N(C(=O)c1ccc(Cl)c(Cl)c1)C3. The van der Waals surface area contributed by atoms with Gasteiger partial charge in [0.15, 0.2) is 0 Å². The third kappa shape index (κ3) is 4.93. The minimum absolute atomic E-state index is 0.125. The van der Waals surface area contributed by atoms with Gasteiger partial charge >= 0.3 is 0 Å². The van der Waals surface area contributed by atoms with Crippen LogP contribution in [-0.2, 0) is 17.8 Å². The number of carbonyl (C=O) groups excluding carboxylic acids is 3. The monoisotopic (exact) mass is 635 g/mol. The zero-order chi connectivity index (χ0) is 31.4. The van der Waals surface area contributed by atoms with E-state index in [0.29, 0.717) is 39.7 Å². The molecule has 2 aliphatic rings. The molecule has 1 N–H and O–H groups in total. The van der Waals surface area contributed by atoms with E-state index in [-0.39, 0.29) is 41.9 Å². The Kier molecular flexibility index (Phi) is 7.71. The highest BCUT2D eigenvalue weighted by molar-refractivity contribution is 6.42. The van der Waals surface area contributed by atoms with Gasteiger partial charge in [-0.05, 0) is 57.5 Å². The summed E-state index contributed by atoms with van der Waals surface area (Å²) in [5.74, 6) is -0.0888. The van der Waals surface area contributed by atoms with E-state index in [1.54, 1.807) is 41.2 Å². The van der Waals surface area contributed by atoms with E-state index in [2.05, 4.69) is 15.5 Å².